The van der Waals surface area contributed by atoms with Crippen LogP contribution in [0.4, 0.5) is 0 Å². The average Bonchev–Trinajstić information content (AvgIpc) is 2.19. The summed E-state index contributed by atoms with van der Waals surface area (Å²) >= 11 is 0. The van der Waals surface area contributed by atoms with Gasteiger partial charge in [-0.25, -0.2) is 0 Å². The summed E-state index contributed by atoms with van der Waals surface area (Å²) < 4.78 is 5.55. The van der Waals surface area contributed by atoms with Crippen molar-refractivity contribution in [2.75, 3.05) is 19.7 Å². The van der Waals surface area contributed by atoms with E-state index in [1.54, 1.807) is 0 Å². The second kappa shape index (κ2) is 6.11. The van der Waals surface area contributed by atoms with E-state index in [0.29, 0.717) is 18.9 Å². The minimum absolute atomic E-state index is 0.135. The van der Waals surface area contributed by atoms with Gasteiger partial charge in [-0.15, -0.1) is 0 Å². The molecule has 1 N–H and O–H groups in total. The number of hydrogen-bond donors (Lipinski definition) is 1. The second-order valence-electron chi connectivity index (χ2n) is 3.50. The van der Waals surface area contributed by atoms with E-state index in [0.717, 1.165) is 19.4 Å². The number of aldehydes is 1. The van der Waals surface area contributed by atoms with Crippen molar-refractivity contribution in [1.82, 2.24) is 5.32 Å². The Labute approximate surface area is 79.8 Å². The number of hydrogen-bond acceptors (Lipinski definition) is 3. The summed E-state index contributed by atoms with van der Waals surface area (Å²) in [5, 5.41) is 3.34. The van der Waals surface area contributed by atoms with Gasteiger partial charge in [0.2, 0.25) is 0 Å². The molecule has 1 fully saturated rings. The Bertz CT molecular complexity index is 144. The maximum Gasteiger partial charge on any atom is 0.122 e. The molecule has 13 heavy (non-hydrogen) atoms. The maximum atomic E-state index is 10.4. The van der Waals surface area contributed by atoms with E-state index >= 15 is 0 Å². The monoisotopic (exact) mass is 185 g/mol. The number of piperidine rings is 1. The molecular weight excluding hydrogens is 166 g/mol. The Morgan fingerprint density at radius 1 is 1.69 bits per heavy atom. The predicted octanol–water partition coefficient (Wildman–Crippen LogP) is 0.980. The summed E-state index contributed by atoms with van der Waals surface area (Å²) in [7, 11) is 0. The van der Waals surface area contributed by atoms with Crippen molar-refractivity contribution in [3.63, 3.8) is 0 Å². The highest BCUT2D eigenvalue weighted by Gasteiger charge is 2.23. The molecule has 0 aliphatic carbocycles. The first-order valence-corrected chi connectivity index (χ1v) is 5.14. The molecule has 1 aliphatic heterocycles. The van der Waals surface area contributed by atoms with Crippen molar-refractivity contribution in [1.29, 1.82) is 0 Å². The van der Waals surface area contributed by atoms with E-state index in [1.165, 1.54) is 12.8 Å². The van der Waals surface area contributed by atoms with Crippen LogP contribution in [0.5, 0.6) is 0 Å². The number of ether oxygens (including phenoxy) is 1. The molecule has 1 heterocycles. The van der Waals surface area contributed by atoms with Gasteiger partial charge in [-0.3, -0.25) is 0 Å². The van der Waals surface area contributed by atoms with Crippen LogP contribution in [0, 0.1) is 5.92 Å². The number of nitrogens with one attached hydrogen (secondary N) is 1. The molecule has 1 saturated heterocycles. The topological polar surface area (TPSA) is 38.3 Å². The summed E-state index contributed by atoms with van der Waals surface area (Å²) in [6, 6.07) is 0. The lowest BCUT2D eigenvalue weighted by Crippen LogP contribution is -2.38. The van der Waals surface area contributed by atoms with Gasteiger partial charge in [-0.2, -0.15) is 0 Å². The zero-order valence-electron chi connectivity index (χ0n) is 8.29. The van der Waals surface area contributed by atoms with E-state index in [1.807, 2.05) is 6.92 Å². The van der Waals surface area contributed by atoms with Crippen molar-refractivity contribution in [3.8, 4) is 0 Å². The first-order valence-electron chi connectivity index (χ1n) is 5.14. The van der Waals surface area contributed by atoms with Crippen LogP contribution in [0.3, 0.4) is 0 Å². The minimum atomic E-state index is 0.135. The zero-order chi connectivity index (χ0) is 9.52. The van der Waals surface area contributed by atoms with Gasteiger partial charge in [0.25, 0.3) is 0 Å². The predicted molar refractivity (Wildman–Crippen MR) is 51.7 cm³/mol. The third-order valence-electron chi connectivity index (χ3n) is 2.57. The van der Waals surface area contributed by atoms with Gasteiger partial charge in [0.05, 0.1) is 6.10 Å². The number of carbonyl (C=O) groups is 1. The summed E-state index contributed by atoms with van der Waals surface area (Å²) in [6.07, 6.45) is 4.03. The molecule has 0 spiro atoms. The minimum Gasteiger partial charge on any atom is -0.378 e. The lowest BCUT2D eigenvalue weighted by molar-refractivity contribution is -0.111. The molecule has 76 valence electrons. The molecule has 1 rings (SSSR count). The van der Waals surface area contributed by atoms with E-state index in [2.05, 4.69) is 5.32 Å². The Balaban J connectivity index is 2.36. The van der Waals surface area contributed by atoms with Gasteiger partial charge in [-0.1, -0.05) is 0 Å². The first kappa shape index (κ1) is 10.7. The molecular formula is C10H19NO2. The molecule has 1 aliphatic rings. The summed E-state index contributed by atoms with van der Waals surface area (Å²) in [6.45, 7) is 4.79. The third kappa shape index (κ3) is 3.44. The van der Waals surface area contributed by atoms with Crippen molar-refractivity contribution in [2.24, 2.45) is 5.92 Å². The highest BCUT2D eigenvalue weighted by atomic mass is 16.5. The van der Waals surface area contributed by atoms with Crippen LogP contribution < -0.4 is 5.32 Å². The fraction of sp³-hybridized carbons (Fsp3) is 0.900. The second-order valence-corrected chi connectivity index (χ2v) is 3.50. The van der Waals surface area contributed by atoms with Crippen LogP contribution in [0.25, 0.3) is 0 Å². The van der Waals surface area contributed by atoms with Gasteiger partial charge in [-0.05, 0) is 32.2 Å². The fourth-order valence-electron chi connectivity index (χ4n) is 1.90. The first-order chi connectivity index (χ1) is 6.38. The van der Waals surface area contributed by atoms with E-state index in [4.69, 9.17) is 4.74 Å². The largest absolute Gasteiger partial charge is 0.378 e. The van der Waals surface area contributed by atoms with Gasteiger partial charge in [0, 0.05) is 19.6 Å². The molecule has 0 bridgehead atoms. The highest BCUT2D eigenvalue weighted by molar-refractivity contribution is 5.50. The van der Waals surface area contributed by atoms with Gasteiger partial charge in [0.1, 0.15) is 6.29 Å². The Kier molecular flexibility index (Phi) is 5.01. The summed E-state index contributed by atoms with van der Waals surface area (Å²) in [4.78, 5) is 10.4. The molecule has 2 unspecified atom stereocenters. The molecule has 0 aromatic rings. The summed E-state index contributed by atoms with van der Waals surface area (Å²) in [5.74, 6) is 0.527. The van der Waals surface area contributed by atoms with Crippen LogP contribution in [0.15, 0.2) is 0 Å². The molecule has 3 heteroatoms. The molecule has 0 radical (unpaired) electrons. The lowest BCUT2D eigenvalue weighted by Gasteiger charge is -2.29. The van der Waals surface area contributed by atoms with Crippen LogP contribution in [-0.4, -0.2) is 32.1 Å². The number of carbonyl (C=O) groups excluding carboxylic acids is 1. The molecule has 0 aromatic heterocycles. The fourth-order valence-corrected chi connectivity index (χ4v) is 1.90. The van der Waals surface area contributed by atoms with Crippen LogP contribution in [0.2, 0.25) is 0 Å². The smallest absolute Gasteiger partial charge is 0.122 e. The summed E-state index contributed by atoms with van der Waals surface area (Å²) in [5.41, 5.74) is 0. The molecule has 0 saturated carbocycles. The SMILES string of the molecule is CCOC(CC=O)C1CCCNC1. The Morgan fingerprint density at radius 2 is 2.54 bits per heavy atom. The molecule has 0 aromatic carbocycles. The molecule has 0 amide bonds. The van der Waals surface area contributed by atoms with E-state index in [-0.39, 0.29) is 6.10 Å². The van der Waals surface area contributed by atoms with E-state index < -0.39 is 0 Å². The Hall–Kier alpha value is -0.410. The zero-order valence-corrected chi connectivity index (χ0v) is 8.29. The maximum absolute atomic E-state index is 10.4. The van der Waals surface area contributed by atoms with Gasteiger partial charge in [0.15, 0.2) is 0 Å². The van der Waals surface area contributed by atoms with Crippen molar-refractivity contribution in [3.05, 3.63) is 0 Å². The van der Waals surface area contributed by atoms with Crippen LogP contribution in [0.1, 0.15) is 26.2 Å². The quantitative estimate of drug-likeness (QED) is 0.649. The third-order valence-corrected chi connectivity index (χ3v) is 2.57. The number of rotatable bonds is 5. The van der Waals surface area contributed by atoms with E-state index in [9.17, 15) is 4.79 Å². The van der Waals surface area contributed by atoms with Gasteiger partial charge < -0.3 is 14.8 Å². The van der Waals surface area contributed by atoms with Crippen molar-refractivity contribution >= 4 is 6.29 Å². The normalized spacial score (nSPS) is 25.5. The van der Waals surface area contributed by atoms with Crippen LogP contribution in [-0.2, 0) is 9.53 Å². The average molecular weight is 185 g/mol. The van der Waals surface area contributed by atoms with Crippen molar-refractivity contribution in [2.45, 2.75) is 32.3 Å². The molecule has 3 nitrogen and oxygen atoms in total. The van der Waals surface area contributed by atoms with Crippen molar-refractivity contribution < 1.29 is 9.53 Å². The standard InChI is InChI=1S/C10H19NO2/c1-2-13-10(5-7-12)9-4-3-6-11-8-9/h7,9-11H,2-6,8H2,1H3. The van der Waals surface area contributed by atoms with Gasteiger partial charge >= 0.3 is 0 Å². The Morgan fingerprint density at radius 3 is 3.08 bits per heavy atom. The van der Waals surface area contributed by atoms with Crippen LogP contribution >= 0.6 is 0 Å². The highest BCUT2D eigenvalue weighted by Crippen LogP contribution is 2.18. The molecule has 2 atom stereocenters. The lowest BCUT2D eigenvalue weighted by atomic mass is 9.92.